The second-order valence-corrected chi connectivity index (χ2v) is 5.64. The molecule has 0 bridgehead atoms. The Bertz CT molecular complexity index is 280. The average molecular weight is 243 g/mol. The van der Waals surface area contributed by atoms with Crippen LogP contribution in [0.5, 0.6) is 0 Å². The van der Waals surface area contributed by atoms with Gasteiger partial charge >= 0.3 is 0 Å². The van der Waals surface area contributed by atoms with Crippen LogP contribution in [0, 0.1) is 0 Å². The Morgan fingerprint density at radius 2 is 1.59 bits per heavy atom. The number of likely N-dealkylation sites (N-methyl/N-ethyl adjacent to an activating group) is 1. The molecule has 2 amide bonds. The van der Waals surface area contributed by atoms with E-state index in [1.807, 2.05) is 27.7 Å². The lowest BCUT2D eigenvalue weighted by Crippen LogP contribution is -2.55. The molecule has 0 aromatic heterocycles. The van der Waals surface area contributed by atoms with Crippen molar-refractivity contribution in [3.63, 3.8) is 0 Å². The predicted molar refractivity (Wildman–Crippen MR) is 68.7 cm³/mol. The molecule has 17 heavy (non-hydrogen) atoms. The van der Waals surface area contributed by atoms with Gasteiger partial charge in [0.25, 0.3) is 0 Å². The summed E-state index contributed by atoms with van der Waals surface area (Å²) in [7, 11) is 0. The lowest BCUT2D eigenvalue weighted by molar-refractivity contribution is -0.130. The Kier molecular flexibility index (Phi) is 5.61. The molecule has 5 nitrogen and oxygen atoms in total. The number of rotatable bonds is 5. The molecule has 0 spiro atoms. The Hall–Kier alpha value is -1.10. The van der Waals surface area contributed by atoms with E-state index in [9.17, 15) is 9.59 Å². The van der Waals surface area contributed by atoms with Gasteiger partial charge < -0.3 is 16.0 Å². The topological polar surface area (TPSA) is 70.2 Å². The third-order valence-electron chi connectivity index (χ3n) is 2.11. The predicted octanol–water partition coefficient (Wildman–Crippen LogP) is 0.405. The van der Waals surface area contributed by atoms with Crippen molar-refractivity contribution in [2.24, 2.45) is 0 Å². The summed E-state index contributed by atoms with van der Waals surface area (Å²) >= 11 is 0. The lowest BCUT2D eigenvalue weighted by atomic mass is 10.0. The van der Waals surface area contributed by atoms with Crippen molar-refractivity contribution in [1.29, 1.82) is 0 Å². The third-order valence-corrected chi connectivity index (χ3v) is 2.11. The fourth-order valence-electron chi connectivity index (χ4n) is 1.37. The van der Waals surface area contributed by atoms with Gasteiger partial charge in [-0.3, -0.25) is 9.59 Å². The van der Waals surface area contributed by atoms with E-state index >= 15 is 0 Å². The van der Waals surface area contributed by atoms with E-state index in [2.05, 4.69) is 16.0 Å². The van der Waals surface area contributed by atoms with Crippen molar-refractivity contribution in [3.05, 3.63) is 0 Å². The number of carbonyl (C=O) groups excluding carboxylic acids is 2. The molecule has 0 heterocycles. The molecule has 5 heteroatoms. The largest absolute Gasteiger partial charge is 0.350 e. The summed E-state index contributed by atoms with van der Waals surface area (Å²) in [5, 5.41) is 8.45. The molecule has 0 fully saturated rings. The Balaban J connectivity index is 4.13. The zero-order valence-electron chi connectivity index (χ0n) is 11.7. The molecule has 0 rings (SSSR count). The van der Waals surface area contributed by atoms with Crippen molar-refractivity contribution >= 4 is 11.8 Å². The van der Waals surface area contributed by atoms with E-state index in [1.165, 1.54) is 0 Å². The Morgan fingerprint density at radius 3 is 2.00 bits per heavy atom. The maximum atomic E-state index is 11.8. The summed E-state index contributed by atoms with van der Waals surface area (Å²) < 4.78 is 0. The highest BCUT2D eigenvalue weighted by atomic mass is 16.2. The van der Waals surface area contributed by atoms with Crippen LogP contribution in [0.4, 0.5) is 0 Å². The molecule has 0 aromatic rings. The molecular formula is C12H25N3O2. The first-order valence-electron chi connectivity index (χ1n) is 5.93. The van der Waals surface area contributed by atoms with E-state index < -0.39 is 5.54 Å². The van der Waals surface area contributed by atoms with Crippen molar-refractivity contribution in [1.82, 2.24) is 16.0 Å². The molecule has 0 aromatic carbocycles. The van der Waals surface area contributed by atoms with Crippen LogP contribution >= 0.6 is 0 Å². The number of nitrogens with one attached hydrogen (secondary N) is 3. The van der Waals surface area contributed by atoms with E-state index in [-0.39, 0.29) is 23.9 Å². The number of carbonyl (C=O) groups is 2. The first-order chi connectivity index (χ1) is 7.58. The van der Waals surface area contributed by atoms with Gasteiger partial charge in [0.1, 0.15) is 0 Å². The monoisotopic (exact) mass is 243 g/mol. The van der Waals surface area contributed by atoms with Crippen LogP contribution in [-0.2, 0) is 9.59 Å². The summed E-state index contributed by atoms with van der Waals surface area (Å²) in [5.41, 5.74) is -0.935. The van der Waals surface area contributed by atoms with Gasteiger partial charge in [-0.15, -0.1) is 0 Å². The van der Waals surface area contributed by atoms with Crippen LogP contribution in [0.2, 0.25) is 0 Å². The first kappa shape index (κ1) is 15.9. The van der Waals surface area contributed by atoms with Crippen molar-refractivity contribution < 1.29 is 9.59 Å². The van der Waals surface area contributed by atoms with Gasteiger partial charge in [-0.25, -0.2) is 0 Å². The molecule has 100 valence electrons. The zero-order chi connectivity index (χ0) is 13.7. The summed E-state index contributed by atoms with van der Waals surface area (Å²) in [6, 6.07) is 0. The average Bonchev–Trinajstić information content (AvgIpc) is 2.11. The fraction of sp³-hybridized carbons (Fsp3) is 0.833. The molecule has 0 saturated heterocycles. The maximum absolute atomic E-state index is 11.8. The van der Waals surface area contributed by atoms with Crippen molar-refractivity contribution in [2.75, 3.05) is 13.1 Å². The highest BCUT2D eigenvalue weighted by molar-refractivity contribution is 5.89. The van der Waals surface area contributed by atoms with Crippen molar-refractivity contribution in [2.45, 2.75) is 52.6 Å². The summed E-state index contributed by atoms with van der Waals surface area (Å²) in [5.74, 6) is -0.360. The Morgan fingerprint density at radius 1 is 1.06 bits per heavy atom. The van der Waals surface area contributed by atoms with Gasteiger partial charge in [-0.05, 0) is 41.2 Å². The minimum atomic E-state index is -0.656. The van der Waals surface area contributed by atoms with Crippen LogP contribution in [0.15, 0.2) is 0 Å². The van der Waals surface area contributed by atoms with Crippen LogP contribution in [0.3, 0.4) is 0 Å². The van der Waals surface area contributed by atoms with Crippen molar-refractivity contribution in [3.8, 4) is 0 Å². The molecule has 0 saturated carbocycles. The first-order valence-corrected chi connectivity index (χ1v) is 5.93. The second kappa shape index (κ2) is 6.00. The number of amides is 2. The third kappa shape index (κ3) is 6.94. The van der Waals surface area contributed by atoms with Gasteiger partial charge in [0.05, 0.1) is 12.1 Å². The van der Waals surface area contributed by atoms with Crippen LogP contribution < -0.4 is 16.0 Å². The molecule has 0 unspecified atom stereocenters. The second-order valence-electron chi connectivity index (χ2n) is 5.64. The molecule has 0 radical (unpaired) electrons. The quantitative estimate of drug-likeness (QED) is 0.655. The van der Waals surface area contributed by atoms with Gasteiger partial charge in [-0.2, -0.15) is 0 Å². The van der Waals surface area contributed by atoms with Gasteiger partial charge in [0.2, 0.25) is 11.8 Å². The van der Waals surface area contributed by atoms with E-state index in [4.69, 9.17) is 0 Å². The van der Waals surface area contributed by atoms with Gasteiger partial charge in [0, 0.05) is 5.54 Å². The molecule has 0 aliphatic rings. The molecule has 0 aliphatic heterocycles. The number of hydrogen-bond donors (Lipinski definition) is 3. The highest BCUT2D eigenvalue weighted by Crippen LogP contribution is 2.01. The normalized spacial score (nSPS) is 12.1. The van der Waals surface area contributed by atoms with E-state index in [1.54, 1.807) is 13.8 Å². The highest BCUT2D eigenvalue weighted by Gasteiger charge is 2.26. The molecule has 0 aliphatic carbocycles. The van der Waals surface area contributed by atoms with Gasteiger partial charge in [0.15, 0.2) is 0 Å². The fourth-order valence-corrected chi connectivity index (χ4v) is 1.37. The maximum Gasteiger partial charge on any atom is 0.240 e. The van der Waals surface area contributed by atoms with E-state index in [0.29, 0.717) is 6.54 Å². The summed E-state index contributed by atoms with van der Waals surface area (Å²) in [6.45, 7) is 11.9. The van der Waals surface area contributed by atoms with E-state index in [0.717, 1.165) is 0 Å². The standard InChI is InChI=1S/C12H25N3O2/c1-7-14-12(5,6)10(17)13-8-9(16)15-11(2,3)4/h14H,7-8H2,1-6H3,(H,13,17)(H,15,16). The minimum absolute atomic E-state index is 0.00489. The van der Waals surface area contributed by atoms with Gasteiger partial charge in [-0.1, -0.05) is 6.92 Å². The smallest absolute Gasteiger partial charge is 0.240 e. The molecule has 0 atom stereocenters. The minimum Gasteiger partial charge on any atom is -0.350 e. The zero-order valence-corrected chi connectivity index (χ0v) is 11.7. The van der Waals surface area contributed by atoms with Crippen LogP contribution in [0.1, 0.15) is 41.5 Å². The summed E-state index contributed by atoms with van der Waals surface area (Å²) in [4.78, 5) is 23.3. The molecular weight excluding hydrogens is 218 g/mol. The Labute approximate surface area is 104 Å². The van der Waals surface area contributed by atoms with Crippen LogP contribution in [-0.4, -0.2) is 36.0 Å². The summed E-state index contributed by atoms with van der Waals surface area (Å²) in [6.07, 6.45) is 0. The SMILES string of the molecule is CCNC(C)(C)C(=O)NCC(=O)NC(C)(C)C. The number of hydrogen-bond acceptors (Lipinski definition) is 3. The molecule has 3 N–H and O–H groups in total. The van der Waals surface area contributed by atoms with Crippen LogP contribution in [0.25, 0.3) is 0 Å². The lowest BCUT2D eigenvalue weighted by Gasteiger charge is -2.25.